The van der Waals surface area contributed by atoms with Gasteiger partial charge in [-0.2, -0.15) is 9.97 Å². The average Bonchev–Trinajstić information content (AvgIpc) is 2.90. The van der Waals surface area contributed by atoms with Gasteiger partial charge >= 0.3 is 6.01 Å². The van der Waals surface area contributed by atoms with Crippen molar-refractivity contribution in [2.75, 3.05) is 5.32 Å². The van der Waals surface area contributed by atoms with Gasteiger partial charge in [-0.15, -0.1) is 0 Å². The summed E-state index contributed by atoms with van der Waals surface area (Å²) in [6.07, 6.45) is 0. The molecule has 1 N–H and O–H groups in total. The number of para-hydroxylation sites is 1. The Morgan fingerprint density at radius 1 is 1.04 bits per heavy atom. The molecule has 0 saturated carbocycles. The Morgan fingerprint density at radius 2 is 1.68 bits per heavy atom. The van der Waals surface area contributed by atoms with E-state index in [2.05, 4.69) is 15.3 Å². The molecule has 0 unspecified atom stereocenters. The van der Waals surface area contributed by atoms with Gasteiger partial charge in [0, 0.05) is 0 Å². The maximum absolute atomic E-state index is 12.5. The molecule has 1 aromatic carbocycles. The number of furan rings is 1. The summed E-state index contributed by atoms with van der Waals surface area (Å²) < 4.78 is 11.1. The largest absolute Gasteiger partial charge is 0.466 e. The van der Waals surface area contributed by atoms with Crippen molar-refractivity contribution in [3.63, 3.8) is 0 Å². The standard InChI is InChI=1S/C19H19N3O3/c1-11-10-16(14(4)24-11)18(23)22-17-12(2)20-19(21-13(17)3)25-15-8-6-5-7-9-15/h5-10H,1-4H3,(H,22,23). The van der Waals surface area contributed by atoms with Gasteiger partial charge in [-0.05, 0) is 45.9 Å². The second-order valence-electron chi connectivity index (χ2n) is 5.75. The zero-order valence-electron chi connectivity index (χ0n) is 14.6. The highest BCUT2D eigenvalue weighted by atomic mass is 16.5. The van der Waals surface area contributed by atoms with E-state index in [-0.39, 0.29) is 11.9 Å². The van der Waals surface area contributed by atoms with E-state index in [4.69, 9.17) is 9.15 Å². The van der Waals surface area contributed by atoms with Crippen LogP contribution in [0.15, 0.2) is 40.8 Å². The summed E-state index contributed by atoms with van der Waals surface area (Å²) in [5.41, 5.74) is 2.33. The molecule has 0 aliphatic heterocycles. The summed E-state index contributed by atoms with van der Waals surface area (Å²) in [6, 6.07) is 11.3. The summed E-state index contributed by atoms with van der Waals surface area (Å²) in [6.45, 7) is 7.17. The third-order valence-electron chi connectivity index (χ3n) is 3.73. The van der Waals surface area contributed by atoms with Crippen LogP contribution in [0.3, 0.4) is 0 Å². The predicted octanol–water partition coefficient (Wildman–Crippen LogP) is 4.35. The second kappa shape index (κ2) is 6.76. The minimum Gasteiger partial charge on any atom is -0.466 e. The van der Waals surface area contributed by atoms with Crippen molar-refractivity contribution in [1.82, 2.24) is 9.97 Å². The summed E-state index contributed by atoms with van der Waals surface area (Å²) in [5.74, 6) is 1.68. The number of hydrogen-bond acceptors (Lipinski definition) is 5. The number of amides is 1. The van der Waals surface area contributed by atoms with Crippen molar-refractivity contribution < 1.29 is 13.9 Å². The molecule has 3 rings (SSSR count). The number of benzene rings is 1. The molecule has 0 bridgehead atoms. The lowest BCUT2D eigenvalue weighted by molar-refractivity contribution is 0.102. The van der Waals surface area contributed by atoms with Crippen LogP contribution in [0.25, 0.3) is 0 Å². The van der Waals surface area contributed by atoms with Crippen LogP contribution in [0.5, 0.6) is 11.8 Å². The molecule has 0 spiro atoms. The van der Waals surface area contributed by atoms with Gasteiger partial charge < -0.3 is 14.5 Å². The van der Waals surface area contributed by atoms with Crippen molar-refractivity contribution in [1.29, 1.82) is 0 Å². The average molecular weight is 337 g/mol. The predicted molar refractivity (Wildman–Crippen MR) is 94.2 cm³/mol. The number of aromatic nitrogens is 2. The Balaban J connectivity index is 1.83. The third kappa shape index (κ3) is 3.68. The van der Waals surface area contributed by atoms with Crippen LogP contribution in [0.4, 0.5) is 5.69 Å². The van der Waals surface area contributed by atoms with E-state index in [1.54, 1.807) is 33.8 Å². The number of anilines is 1. The Bertz CT molecular complexity index is 894. The van der Waals surface area contributed by atoms with Crippen molar-refractivity contribution in [3.05, 3.63) is 64.9 Å². The monoisotopic (exact) mass is 337 g/mol. The first-order chi connectivity index (χ1) is 11.9. The molecule has 2 aromatic heterocycles. The fourth-order valence-electron chi connectivity index (χ4n) is 2.54. The lowest BCUT2D eigenvalue weighted by atomic mass is 10.2. The van der Waals surface area contributed by atoms with E-state index in [0.29, 0.717) is 39.9 Å². The molecule has 0 fully saturated rings. The van der Waals surface area contributed by atoms with Gasteiger partial charge in [0.1, 0.15) is 17.3 Å². The lowest BCUT2D eigenvalue weighted by Gasteiger charge is -2.12. The van der Waals surface area contributed by atoms with Gasteiger partial charge in [-0.3, -0.25) is 4.79 Å². The first-order valence-electron chi connectivity index (χ1n) is 7.90. The smallest absolute Gasteiger partial charge is 0.322 e. The van der Waals surface area contributed by atoms with Gasteiger partial charge in [0.05, 0.1) is 22.6 Å². The minimum atomic E-state index is -0.249. The van der Waals surface area contributed by atoms with Crippen LogP contribution in [-0.4, -0.2) is 15.9 Å². The molecule has 25 heavy (non-hydrogen) atoms. The molecular formula is C19H19N3O3. The lowest BCUT2D eigenvalue weighted by Crippen LogP contribution is -2.15. The van der Waals surface area contributed by atoms with Gasteiger partial charge in [-0.25, -0.2) is 0 Å². The molecule has 128 valence electrons. The molecule has 6 nitrogen and oxygen atoms in total. The fourth-order valence-corrected chi connectivity index (χ4v) is 2.54. The quantitative estimate of drug-likeness (QED) is 0.766. The van der Waals surface area contributed by atoms with E-state index >= 15 is 0 Å². The highest BCUT2D eigenvalue weighted by molar-refractivity contribution is 6.05. The first kappa shape index (κ1) is 16.7. The number of ether oxygens (including phenoxy) is 1. The zero-order chi connectivity index (χ0) is 18.0. The van der Waals surface area contributed by atoms with Gasteiger partial charge in [0.15, 0.2) is 0 Å². The summed E-state index contributed by atoms with van der Waals surface area (Å²) in [5, 5.41) is 2.86. The number of carbonyl (C=O) groups excluding carboxylic acids is 1. The molecular weight excluding hydrogens is 318 g/mol. The van der Waals surface area contributed by atoms with Crippen LogP contribution in [0.1, 0.15) is 33.3 Å². The van der Waals surface area contributed by atoms with Crippen LogP contribution >= 0.6 is 0 Å². The molecule has 2 heterocycles. The van der Waals surface area contributed by atoms with Crippen molar-refractivity contribution in [3.8, 4) is 11.8 Å². The van der Waals surface area contributed by atoms with Crippen LogP contribution in [0, 0.1) is 27.7 Å². The highest BCUT2D eigenvalue weighted by Gasteiger charge is 2.17. The Morgan fingerprint density at radius 3 is 2.24 bits per heavy atom. The summed E-state index contributed by atoms with van der Waals surface area (Å²) >= 11 is 0. The Hall–Kier alpha value is -3.15. The van der Waals surface area contributed by atoms with Crippen LogP contribution in [0.2, 0.25) is 0 Å². The van der Waals surface area contributed by atoms with E-state index in [0.717, 1.165) is 0 Å². The maximum Gasteiger partial charge on any atom is 0.322 e. The van der Waals surface area contributed by atoms with Gasteiger partial charge in [-0.1, -0.05) is 18.2 Å². The van der Waals surface area contributed by atoms with Crippen LogP contribution < -0.4 is 10.1 Å². The summed E-state index contributed by atoms with van der Waals surface area (Å²) in [4.78, 5) is 21.1. The van der Waals surface area contributed by atoms with Crippen molar-refractivity contribution in [2.24, 2.45) is 0 Å². The van der Waals surface area contributed by atoms with E-state index in [1.165, 1.54) is 0 Å². The number of nitrogens with zero attached hydrogens (tertiary/aromatic N) is 2. The number of nitrogens with one attached hydrogen (secondary N) is 1. The van der Waals surface area contributed by atoms with E-state index in [9.17, 15) is 4.79 Å². The highest BCUT2D eigenvalue weighted by Crippen LogP contribution is 2.24. The molecule has 1 amide bonds. The normalized spacial score (nSPS) is 10.6. The SMILES string of the molecule is Cc1cc(C(=O)Nc2c(C)nc(Oc3ccccc3)nc2C)c(C)o1. The topological polar surface area (TPSA) is 77.2 Å². The van der Waals surface area contributed by atoms with Crippen molar-refractivity contribution >= 4 is 11.6 Å². The molecule has 0 atom stereocenters. The molecule has 0 radical (unpaired) electrons. The van der Waals surface area contributed by atoms with E-state index < -0.39 is 0 Å². The Labute approximate surface area is 145 Å². The number of hydrogen-bond donors (Lipinski definition) is 1. The van der Waals surface area contributed by atoms with Gasteiger partial charge in [0.2, 0.25) is 0 Å². The molecule has 0 aliphatic carbocycles. The third-order valence-corrected chi connectivity index (χ3v) is 3.73. The van der Waals surface area contributed by atoms with Crippen molar-refractivity contribution in [2.45, 2.75) is 27.7 Å². The zero-order valence-corrected chi connectivity index (χ0v) is 14.6. The number of rotatable bonds is 4. The maximum atomic E-state index is 12.5. The molecule has 0 aliphatic rings. The van der Waals surface area contributed by atoms with E-state index in [1.807, 2.05) is 30.3 Å². The summed E-state index contributed by atoms with van der Waals surface area (Å²) in [7, 11) is 0. The minimum absolute atomic E-state index is 0.245. The van der Waals surface area contributed by atoms with Crippen LogP contribution in [-0.2, 0) is 0 Å². The number of carbonyl (C=O) groups is 1. The number of aryl methyl sites for hydroxylation is 4. The molecule has 6 heteroatoms. The molecule has 0 saturated heterocycles. The fraction of sp³-hybridized carbons (Fsp3) is 0.211. The second-order valence-corrected chi connectivity index (χ2v) is 5.75. The first-order valence-corrected chi connectivity index (χ1v) is 7.90. The molecule has 3 aromatic rings. The Kier molecular flexibility index (Phi) is 4.52. The van der Waals surface area contributed by atoms with Gasteiger partial charge in [0.25, 0.3) is 5.91 Å².